The molecule has 7 nitrogen and oxygen atoms in total. The molecule has 5 N–H and O–H groups in total. The van der Waals surface area contributed by atoms with Crippen LogP contribution in [0.15, 0.2) is 0 Å². The number of nitrogens with two attached hydrogens (primary N) is 1. The van der Waals surface area contributed by atoms with Crippen LogP contribution in [0.1, 0.15) is 25.2 Å². The number of carbonyl (C=O) groups excluding carboxylic acids is 1. The Morgan fingerprint density at radius 1 is 1.28 bits per heavy atom. The Labute approximate surface area is 107 Å². The Hall–Kier alpha value is -1.89. The van der Waals surface area contributed by atoms with E-state index in [0.717, 1.165) is 5.56 Å². The van der Waals surface area contributed by atoms with Crippen molar-refractivity contribution in [3.05, 3.63) is 11.4 Å². The first-order valence-electron chi connectivity index (χ1n) is 5.97. The van der Waals surface area contributed by atoms with Crippen molar-refractivity contribution in [3.63, 3.8) is 0 Å². The summed E-state index contributed by atoms with van der Waals surface area (Å²) in [4.78, 5) is 20.0. The number of rotatable bonds is 6. The van der Waals surface area contributed by atoms with Crippen LogP contribution in [0.25, 0.3) is 0 Å². The van der Waals surface area contributed by atoms with E-state index in [1.165, 1.54) is 0 Å². The molecule has 0 aliphatic rings. The Morgan fingerprint density at radius 3 is 2.50 bits per heavy atom. The molecule has 7 heteroatoms. The van der Waals surface area contributed by atoms with Gasteiger partial charge in [0.05, 0.1) is 6.54 Å². The lowest BCUT2D eigenvalue weighted by Crippen LogP contribution is -2.30. The fourth-order valence-corrected chi connectivity index (χ4v) is 1.46. The first-order chi connectivity index (χ1) is 8.62. The summed E-state index contributed by atoms with van der Waals surface area (Å²) in [5, 5.41) is 5.70. The van der Waals surface area contributed by atoms with Crippen LogP contribution < -0.4 is 21.9 Å². The summed E-state index contributed by atoms with van der Waals surface area (Å²) in [6, 6.07) is 0. The summed E-state index contributed by atoms with van der Waals surface area (Å²) >= 11 is 0. The van der Waals surface area contributed by atoms with E-state index >= 15 is 0 Å². The molecule has 0 saturated carbocycles. The fraction of sp³-hybridized carbons (Fsp3) is 0.545. The van der Waals surface area contributed by atoms with Crippen LogP contribution in [0.3, 0.4) is 0 Å². The summed E-state index contributed by atoms with van der Waals surface area (Å²) < 4.78 is 0. The lowest BCUT2D eigenvalue weighted by molar-refractivity contribution is -0.119. The SMILES string of the molecule is CCNC(=O)CNc1nc(CC)nc(NN)c1C. The number of hydrazine groups is 1. The number of hydrogen-bond donors (Lipinski definition) is 4. The number of likely N-dealkylation sites (N-methyl/N-ethyl adjacent to an activating group) is 1. The molecule has 100 valence electrons. The molecule has 0 aliphatic carbocycles. The minimum atomic E-state index is -0.0733. The number of nitrogens with zero attached hydrogens (tertiary/aromatic N) is 2. The van der Waals surface area contributed by atoms with Crippen LogP contribution in [0.5, 0.6) is 0 Å². The highest BCUT2D eigenvalue weighted by Gasteiger charge is 2.10. The predicted molar refractivity (Wildman–Crippen MR) is 71.1 cm³/mol. The predicted octanol–water partition coefficient (Wildman–Crippen LogP) is 0.181. The van der Waals surface area contributed by atoms with E-state index in [2.05, 4.69) is 26.0 Å². The highest BCUT2D eigenvalue weighted by atomic mass is 16.1. The van der Waals surface area contributed by atoms with Gasteiger partial charge in [-0.25, -0.2) is 15.8 Å². The first-order valence-corrected chi connectivity index (χ1v) is 5.97. The molecule has 0 fully saturated rings. The fourth-order valence-electron chi connectivity index (χ4n) is 1.46. The number of anilines is 2. The van der Waals surface area contributed by atoms with Crippen molar-refractivity contribution >= 4 is 17.5 Å². The second-order valence-electron chi connectivity index (χ2n) is 3.77. The number of nitrogen functional groups attached to an aromatic ring is 1. The third-order valence-corrected chi connectivity index (χ3v) is 2.44. The normalized spacial score (nSPS) is 10.0. The van der Waals surface area contributed by atoms with Crippen molar-refractivity contribution in [1.82, 2.24) is 15.3 Å². The molecule has 1 rings (SSSR count). The summed E-state index contributed by atoms with van der Waals surface area (Å²) in [7, 11) is 0. The number of aromatic nitrogens is 2. The molecule has 1 heterocycles. The van der Waals surface area contributed by atoms with Crippen LogP contribution in [-0.4, -0.2) is 29.0 Å². The first kappa shape index (κ1) is 14.2. The van der Waals surface area contributed by atoms with Crippen molar-refractivity contribution < 1.29 is 4.79 Å². The second kappa shape index (κ2) is 6.75. The maximum Gasteiger partial charge on any atom is 0.239 e. The zero-order chi connectivity index (χ0) is 13.5. The van der Waals surface area contributed by atoms with Crippen LogP contribution in [-0.2, 0) is 11.2 Å². The van der Waals surface area contributed by atoms with Crippen molar-refractivity contribution in [2.45, 2.75) is 27.2 Å². The van der Waals surface area contributed by atoms with E-state index in [9.17, 15) is 4.79 Å². The lowest BCUT2D eigenvalue weighted by atomic mass is 10.3. The van der Waals surface area contributed by atoms with E-state index in [-0.39, 0.29) is 12.5 Å². The number of carbonyl (C=O) groups is 1. The number of hydrogen-bond acceptors (Lipinski definition) is 6. The number of nitrogens with one attached hydrogen (secondary N) is 3. The molecule has 0 bridgehead atoms. The van der Waals surface area contributed by atoms with Crippen LogP contribution in [0, 0.1) is 6.92 Å². The van der Waals surface area contributed by atoms with Gasteiger partial charge in [-0.3, -0.25) is 4.79 Å². The van der Waals surface area contributed by atoms with Gasteiger partial charge in [0, 0.05) is 18.5 Å². The van der Waals surface area contributed by atoms with Gasteiger partial charge < -0.3 is 16.1 Å². The second-order valence-corrected chi connectivity index (χ2v) is 3.77. The average molecular weight is 252 g/mol. The van der Waals surface area contributed by atoms with Gasteiger partial charge in [0.15, 0.2) is 0 Å². The molecule has 1 aromatic rings. The highest BCUT2D eigenvalue weighted by Crippen LogP contribution is 2.18. The number of amides is 1. The quantitative estimate of drug-likeness (QED) is 0.425. The van der Waals surface area contributed by atoms with Gasteiger partial charge >= 0.3 is 0 Å². The molecule has 0 spiro atoms. The van der Waals surface area contributed by atoms with E-state index in [1.807, 2.05) is 20.8 Å². The van der Waals surface area contributed by atoms with E-state index in [4.69, 9.17) is 5.84 Å². The van der Waals surface area contributed by atoms with Gasteiger partial charge in [0.2, 0.25) is 5.91 Å². The molecule has 1 aromatic heterocycles. The maximum atomic E-state index is 11.4. The molecular weight excluding hydrogens is 232 g/mol. The van der Waals surface area contributed by atoms with Gasteiger partial charge in [-0.05, 0) is 13.8 Å². The summed E-state index contributed by atoms with van der Waals surface area (Å²) in [6.45, 7) is 6.46. The Balaban J connectivity index is 2.83. The topological polar surface area (TPSA) is 105 Å². The summed E-state index contributed by atoms with van der Waals surface area (Å²) in [5.41, 5.74) is 3.32. The molecule has 0 unspecified atom stereocenters. The molecule has 0 aliphatic heterocycles. The van der Waals surface area contributed by atoms with Crippen LogP contribution in [0.2, 0.25) is 0 Å². The molecule has 0 radical (unpaired) electrons. The molecule has 0 atom stereocenters. The standard InChI is InChI=1S/C11H20N6O/c1-4-8-15-10(7(3)11(16-8)17-12)14-6-9(18)13-5-2/h4-6,12H2,1-3H3,(H,13,18)(H2,14,15,16,17). The van der Waals surface area contributed by atoms with Gasteiger partial charge in [-0.15, -0.1) is 0 Å². The van der Waals surface area contributed by atoms with E-state index in [1.54, 1.807) is 0 Å². The zero-order valence-corrected chi connectivity index (χ0v) is 11.0. The molecule has 18 heavy (non-hydrogen) atoms. The minimum Gasteiger partial charge on any atom is -0.361 e. The van der Waals surface area contributed by atoms with Crippen LogP contribution in [0.4, 0.5) is 11.6 Å². The summed E-state index contributed by atoms with van der Waals surface area (Å²) in [6.07, 6.45) is 0.699. The Morgan fingerprint density at radius 2 is 1.94 bits per heavy atom. The summed E-state index contributed by atoms with van der Waals surface area (Å²) in [5.74, 6) is 7.19. The molecule has 0 aromatic carbocycles. The van der Waals surface area contributed by atoms with Gasteiger partial charge in [-0.1, -0.05) is 6.92 Å². The molecule has 0 saturated heterocycles. The van der Waals surface area contributed by atoms with E-state index < -0.39 is 0 Å². The van der Waals surface area contributed by atoms with Crippen molar-refractivity contribution in [2.75, 3.05) is 23.8 Å². The third-order valence-electron chi connectivity index (χ3n) is 2.44. The largest absolute Gasteiger partial charge is 0.361 e. The highest BCUT2D eigenvalue weighted by molar-refractivity contribution is 5.80. The third kappa shape index (κ3) is 3.56. The van der Waals surface area contributed by atoms with Gasteiger partial charge in [0.25, 0.3) is 0 Å². The van der Waals surface area contributed by atoms with Crippen molar-refractivity contribution in [3.8, 4) is 0 Å². The Kier molecular flexibility index (Phi) is 5.31. The number of aryl methyl sites for hydroxylation is 1. The van der Waals surface area contributed by atoms with Gasteiger partial charge in [-0.2, -0.15) is 0 Å². The lowest BCUT2D eigenvalue weighted by Gasteiger charge is -2.12. The Bertz CT molecular complexity index is 420. The van der Waals surface area contributed by atoms with Crippen LogP contribution >= 0.6 is 0 Å². The zero-order valence-electron chi connectivity index (χ0n) is 11.0. The molecular formula is C11H20N6O. The minimum absolute atomic E-state index is 0.0733. The smallest absolute Gasteiger partial charge is 0.239 e. The molecule has 1 amide bonds. The maximum absolute atomic E-state index is 11.4. The van der Waals surface area contributed by atoms with Crippen molar-refractivity contribution in [2.24, 2.45) is 5.84 Å². The van der Waals surface area contributed by atoms with Gasteiger partial charge in [0.1, 0.15) is 17.5 Å². The average Bonchev–Trinajstić information content (AvgIpc) is 2.38. The van der Waals surface area contributed by atoms with E-state index in [0.29, 0.717) is 30.4 Å². The van der Waals surface area contributed by atoms with Crippen molar-refractivity contribution in [1.29, 1.82) is 0 Å². The monoisotopic (exact) mass is 252 g/mol.